The van der Waals surface area contributed by atoms with E-state index in [0.29, 0.717) is 12.3 Å². The molecule has 0 aromatic carbocycles. The molecule has 162 valence electrons. The summed E-state index contributed by atoms with van der Waals surface area (Å²) in [5.41, 5.74) is 0. The average Bonchev–Trinajstić information content (AvgIpc) is 2.63. The van der Waals surface area contributed by atoms with Crippen LogP contribution in [0.5, 0.6) is 0 Å². The number of carboxylic acids is 1. The molecule has 0 unspecified atom stereocenters. The van der Waals surface area contributed by atoms with Gasteiger partial charge in [-0.1, -0.05) is 142 Å². The summed E-state index contributed by atoms with van der Waals surface area (Å²) in [6, 6.07) is 0. The molecule has 0 aliphatic rings. The van der Waals surface area contributed by atoms with Crippen LogP contribution in [0, 0.1) is 5.92 Å². The van der Waals surface area contributed by atoms with E-state index in [2.05, 4.69) is 13.8 Å². The smallest absolute Gasteiger partial charge is 0.303 e. The van der Waals surface area contributed by atoms with Gasteiger partial charge in [0.1, 0.15) is 0 Å². The normalized spacial score (nSPS) is 12.4. The Morgan fingerprint density at radius 2 is 0.889 bits per heavy atom. The predicted molar refractivity (Wildman–Crippen MR) is 119 cm³/mol. The van der Waals surface area contributed by atoms with Gasteiger partial charge >= 0.3 is 5.97 Å². The first kappa shape index (κ1) is 26.5. The molecular weight excluding hydrogens is 332 g/mol. The zero-order valence-electron chi connectivity index (χ0n) is 18.8. The standard InChI is InChI=1S/C25H50O2/c1-3-4-5-6-7-8-9-10-11-12-13-14-15-16-17-18-19-20-21-22-24(2)23-25(26)27/h24H,3-23H2,1-2H3,(H,26,27)/t24-/m0/s1. The summed E-state index contributed by atoms with van der Waals surface area (Å²) in [5.74, 6) is -0.311. The van der Waals surface area contributed by atoms with Crippen LogP contribution in [-0.4, -0.2) is 11.1 Å². The fourth-order valence-corrected chi connectivity index (χ4v) is 3.97. The van der Waals surface area contributed by atoms with Crippen LogP contribution in [0.3, 0.4) is 0 Å². The molecule has 0 aromatic heterocycles. The van der Waals surface area contributed by atoms with Gasteiger partial charge in [0.2, 0.25) is 0 Å². The highest BCUT2D eigenvalue weighted by molar-refractivity contribution is 5.66. The van der Waals surface area contributed by atoms with Crippen LogP contribution in [-0.2, 0) is 4.79 Å². The van der Waals surface area contributed by atoms with Gasteiger partial charge in [-0.2, -0.15) is 0 Å². The monoisotopic (exact) mass is 382 g/mol. The van der Waals surface area contributed by atoms with Crippen LogP contribution in [0.4, 0.5) is 0 Å². The van der Waals surface area contributed by atoms with Gasteiger partial charge in [-0.3, -0.25) is 4.79 Å². The van der Waals surface area contributed by atoms with Gasteiger partial charge in [-0.05, 0) is 5.92 Å². The van der Waals surface area contributed by atoms with Gasteiger partial charge in [-0.25, -0.2) is 0 Å². The third-order valence-corrected chi connectivity index (χ3v) is 5.82. The topological polar surface area (TPSA) is 37.3 Å². The van der Waals surface area contributed by atoms with Gasteiger partial charge in [0.15, 0.2) is 0 Å². The lowest BCUT2D eigenvalue weighted by atomic mass is 9.99. The molecule has 1 N–H and O–H groups in total. The second-order valence-electron chi connectivity index (χ2n) is 8.86. The van der Waals surface area contributed by atoms with Crippen molar-refractivity contribution in [1.29, 1.82) is 0 Å². The molecule has 0 aliphatic heterocycles. The highest BCUT2D eigenvalue weighted by atomic mass is 16.4. The molecule has 2 heteroatoms. The number of hydrogen-bond donors (Lipinski definition) is 1. The summed E-state index contributed by atoms with van der Waals surface area (Å²) < 4.78 is 0. The first-order chi connectivity index (χ1) is 13.2. The summed E-state index contributed by atoms with van der Waals surface area (Å²) >= 11 is 0. The Kier molecular flexibility index (Phi) is 21.3. The Morgan fingerprint density at radius 1 is 0.593 bits per heavy atom. The van der Waals surface area contributed by atoms with Crippen LogP contribution < -0.4 is 0 Å². The Labute approximate surface area is 170 Å². The number of carboxylic acid groups (broad SMARTS) is 1. The molecular formula is C25H50O2. The van der Waals surface area contributed by atoms with E-state index < -0.39 is 5.97 Å². The van der Waals surface area contributed by atoms with Crippen LogP contribution >= 0.6 is 0 Å². The van der Waals surface area contributed by atoms with Gasteiger partial charge in [0, 0.05) is 6.42 Å². The van der Waals surface area contributed by atoms with Crippen LogP contribution in [0.15, 0.2) is 0 Å². The third kappa shape index (κ3) is 23.4. The van der Waals surface area contributed by atoms with Crippen LogP contribution in [0.2, 0.25) is 0 Å². The Balaban J connectivity index is 3.06. The number of aliphatic carboxylic acids is 1. The zero-order chi connectivity index (χ0) is 20.0. The van der Waals surface area contributed by atoms with E-state index in [1.54, 1.807) is 0 Å². The maximum Gasteiger partial charge on any atom is 0.303 e. The van der Waals surface area contributed by atoms with Crippen molar-refractivity contribution in [3.05, 3.63) is 0 Å². The summed E-state index contributed by atoms with van der Waals surface area (Å²) in [5, 5.41) is 8.74. The molecule has 0 radical (unpaired) electrons. The van der Waals surface area contributed by atoms with Crippen molar-refractivity contribution in [2.75, 3.05) is 0 Å². The Hall–Kier alpha value is -0.530. The van der Waals surface area contributed by atoms with Crippen LogP contribution in [0.25, 0.3) is 0 Å². The summed E-state index contributed by atoms with van der Waals surface area (Å²) in [6.07, 6.45) is 28.1. The molecule has 27 heavy (non-hydrogen) atoms. The number of unbranched alkanes of at least 4 members (excludes halogenated alkanes) is 18. The van der Waals surface area contributed by atoms with Gasteiger partial charge < -0.3 is 5.11 Å². The highest BCUT2D eigenvalue weighted by Gasteiger charge is 2.06. The summed E-state index contributed by atoms with van der Waals surface area (Å²) in [6.45, 7) is 4.35. The molecule has 0 fully saturated rings. The number of rotatable bonds is 22. The molecule has 0 rings (SSSR count). The molecule has 0 amide bonds. The van der Waals surface area contributed by atoms with E-state index in [1.165, 1.54) is 122 Å². The minimum atomic E-state index is -0.652. The molecule has 0 saturated heterocycles. The summed E-state index contributed by atoms with van der Waals surface area (Å²) in [4.78, 5) is 10.6. The van der Waals surface area contributed by atoms with Gasteiger partial charge in [0.05, 0.1) is 0 Å². The largest absolute Gasteiger partial charge is 0.481 e. The molecule has 1 atom stereocenters. The lowest BCUT2D eigenvalue weighted by Crippen LogP contribution is -2.03. The van der Waals surface area contributed by atoms with Crippen molar-refractivity contribution in [3.8, 4) is 0 Å². The SMILES string of the molecule is CCCCCCCCCCCCCCCCCCCCC[C@H](C)CC(=O)O. The Bertz CT molecular complexity index is 301. The van der Waals surface area contributed by atoms with Crippen molar-refractivity contribution in [1.82, 2.24) is 0 Å². The predicted octanol–water partition coefficient (Wildman–Crippen LogP) is 8.92. The maximum atomic E-state index is 10.6. The minimum Gasteiger partial charge on any atom is -0.481 e. The molecule has 0 aliphatic carbocycles. The average molecular weight is 383 g/mol. The van der Waals surface area contributed by atoms with Crippen molar-refractivity contribution >= 4 is 5.97 Å². The lowest BCUT2D eigenvalue weighted by molar-refractivity contribution is -0.138. The van der Waals surface area contributed by atoms with E-state index in [-0.39, 0.29) is 0 Å². The first-order valence-corrected chi connectivity index (χ1v) is 12.4. The first-order valence-electron chi connectivity index (χ1n) is 12.4. The van der Waals surface area contributed by atoms with E-state index in [4.69, 9.17) is 5.11 Å². The quantitative estimate of drug-likeness (QED) is 0.190. The molecule has 0 spiro atoms. The van der Waals surface area contributed by atoms with Crippen LogP contribution in [0.1, 0.15) is 149 Å². The van der Waals surface area contributed by atoms with Crippen molar-refractivity contribution < 1.29 is 9.90 Å². The maximum absolute atomic E-state index is 10.6. The molecule has 0 heterocycles. The third-order valence-electron chi connectivity index (χ3n) is 5.82. The molecule has 0 aromatic rings. The number of carbonyl (C=O) groups is 1. The van der Waals surface area contributed by atoms with Crippen molar-refractivity contribution in [2.24, 2.45) is 5.92 Å². The minimum absolute atomic E-state index is 0.332. The lowest BCUT2D eigenvalue weighted by Gasteiger charge is -2.08. The molecule has 0 saturated carbocycles. The van der Waals surface area contributed by atoms with E-state index in [9.17, 15) is 4.79 Å². The van der Waals surface area contributed by atoms with Gasteiger partial charge in [-0.15, -0.1) is 0 Å². The summed E-state index contributed by atoms with van der Waals surface area (Å²) in [7, 11) is 0. The number of hydrogen-bond acceptors (Lipinski definition) is 1. The molecule has 2 nitrogen and oxygen atoms in total. The van der Waals surface area contributed by atoms with E-state index in [0.717, 1.165) is 6.42 Å². The van der Waals surface area contributed by atoms with E-state index >= 15 is 0 Å². The van der Waals surface area contributed by atoms with Gasteiger partial charge in [0.25, 0.3) is 0 Å². The second kappa shape index (κ2) is 21.8. The highest BCUT2D eigenvalue weighted by Crippen LogP contribution is 2.16. The Morgan fingerprint density at radius 3 is 1.19 bits per heavy atom. The van der Waals surface area contributed by atoms with Crippen molar-refractivity contribution in [3.63, 3.8) is 0 Å². The van der Waals surface area contributed by atoms with E-state index in [1.807, 2.05) is 0 Å². The second-order valence-corrected chi connectivity index (χ2v) is 8.86. The zero-order valence-corrected chi connectivity index (χ0v) is 18.8. The fraction of sp³-hybridized carbons (Fsp3) is 0.960. The van der Waals surface area contributed by atoms with Crippen molar-refractivity contribution in [2.45, 2.75) is 149 Å². The fourth-order valence-electron chi connectivity index (χ4n) is 3.97. The molecule has 0 bridgehead atoms.